The van der Waals surface area contributed by atoms with Crippen LogP contribution in [0.5, 0.6) is 11.6 Å². The van der Waals surface area contributed by atoms with Gasteiger partial charge in [0.25, 0.3) is 0 Å². The Hall–Kier alpha value is -2.38. The predicted octanol–water partition coefficient (Wildman–Crippen LogP) is 2.55. The molecule has 0 fully saturated rings. The fourth-order valence-electron chi connectivity index (χ4n) is 1.51. The van der Waals surface area contributed by atoms with Crippen molar-refractivity contribution in [1.82, 2.24) is 4.98 Å². The first-order chi connectivity index (χ1) is 8.72. The molecular formula is C14H12N2O2. The molecule has 0 saturated carbocycles. The lowest BCUT2D eigenvalue weighted by atomic mass is 10.2. The summed E-state index contributed by atoms with van der Waals surface area (Å²) in [5.41, 5.74) is 1.91. The van der Waals surface area contributed by atoms with Crippen LogP contribution in [0.1, 0.15) is 16.8 Å². The maximum absolute atomic E-state index is 9.05. The second kappa shape index (κ2) is 5.30. The molecule has 2 aromatic rings. The predicted molar refractivity (Wildman–Crippen MR) is 66.1 cm³/mol. The molecule has 1 aromatic carbocycles. The van der Waals surface area contributed by atoms with Crippen molar-refractivity contribution in [3.63, 3.8) is 0 Å². The van der Waals surface area contributed by atoms with Crippen molar-refractivity contribution in [3.8, 4) is 17.7 Å². The number of benzene rings is 1. The number of aliphatic hydroxyl groups is 1. The maximum Gasteiger partial charge on any atom is 0.237 e. The lowest BCUT2D eigenvalue weighted by Crippen LogP contribution is -1.94. The molecule has 0 aliphatic rings. The van der Waals surface area contributed by atoms with Crippen LogP contribution in [-0.2, 0) is 6.61 Å². The van der Waals surface area contributed by atoms with E-state index in [1.165, 1.54) is 0 Å². The van der Waals surface area contributed by atoms with Gasteiger partial charge in [-0.05, 0) is 36.8 Å². The Morgan fingerprint density at radius 3 is 2.89 bits per heavy atom. The van der Waals surface area contributed by atoms with Crippen LogP contribution in [0.25, 0.3) is 0 Å². The van der Waals surface area contributed by atoms with Crippen molar-refractivity contribution in [2.75, 3.05) is 0 Å². The van der Waals surface area contributed by atoms with Crippen LogP contribution in [0, 0.1) is 18.3 Å². The van der Waals surface area contributed by atoms with Gasteiger partial charge < -0.3 is 9.84 Å². The molecule has 0 aliphatic carbocycles. The molecule has 0 aliphatic heterocycles. The molecule has 0 unspecified atom stereocenters. The number of aliphatic hydroxyl groups excluding tert-OH is 1. The molecule has 1 N–H and O–H groups in total. The fourth-order valence-corrected chi connectivity index (χ4v) is 1.51. The molecule has 0 spiro atoms. The van der Waals surface area contributed by atoms with E-state index in [-0.39, 0.29) is 12.5 Å². The van der Waals surface area contributed by atoms with Gasteiger partial charge in [-0.25, -0.2) is 4.98 Å². The quantitative estimate of drug-likeness (QED) is 0.895. The van der Waals surface area contributed by atoms with Crippen molar-refractivity contribution < 1.29 is 9.84 Å². The smallest absolute Gasteiger partial charge is 0.237 e. The zero-order valence-electron chi connectivity index (χ0n) is 9.92. The van der Waals surface area contributed by atoms with E-state index in [1.54, 1.807) is 36.4 Å². The standard InChI is InChI=1S/C14H12N2O2/c1-10-5-6-12(8-15)14(16-10)18-13-4-2-3-11(7-13)9-17/h2-7,17H,9H2,1H3. The molecule has 90 valence electrons. The van der Waals surface area contributed by atoms with Gasteiger partial charge in [0.1, 0.15) is 17.4 Å². The van der Waals surface area contributed by atoms with E-state index < -0.39 is 0 Å². The molecular weight excluding hydrogens is 228 g/mol. The van der Waals surface area contributed by atoms with Crippen molar-refractivity contribution >= 4 is 0 Å². The molecule has 0 saturated heterocycles. The van der Waals surface area contributed by atoms with E-state index in [9.17, 15) is 0 Å². The summed E-state index contributed by atoms with van der Waals surface area (Å²) in [5.74, 6) is 0.837. The first-order valence-electron chi connectivity index (χ1n) is 5.48. The molecule has 1 heterocycles. The van der Waals surface area contributed by atoms with Gasteiger partial charge in [0.05, 0.1) is 6.61 Å². The van der Waals surface area contributed by atoms with E-state index in [1.807, 2.05) is 13.0 Å². The van der Waals surface area contributed by atoms with Gasteiger partial charge in [-0.15, -0.1) is 0 Å². The summed E-state index contributed by atoms with van der Waals surface area (Å²) in [6.07, 6.45) is 0. The molecule has 4 heteroatoms. The first kappa shape index (κ1) is 12.1. The number of nitriles is 1. The van der Waals surface area contributed by atoms with E-state index in [0.29, 0.717) is 11.3 Å². The summed E-state index contributed by atoms with van der Waals surface area (Å²) in [4.78, 5) is 4.19. The number of hydrogen-bond acceptors (Lipinski definition) is 4. The first-order valence-corrected chi connectivity index (χ1v) is 5.48. The second-order valence-electron chi connectivity index (χ2n) is 3.82. The molecule has 18 heavy (non-hydrogen) atoms. The number of pyridine rings is 1. The Labute approximate surface area is 105 Å². The molecule has 4 nitrogen and oxygen atoms in total. The SMILES string of the molecule is Cc1ccc(C#N)c(Oc2cccc(CO)c2)n1. The van der Waals surface area contributed by atoms with Gasteiger partial charge >= 0.3 is 0 Å². The minimum atomic E-state index is -0.0520. The van der Waals surface area contributed by atoms with Crippen molar-refractivity contribution in [2.45, 2.75) is 13.5 Å². The number of hydrogen-bond donors (Lipinski definition) is 1. The molecule has 0 atom stereocenters. The average Bonchev–Trinajstić information content (AvgIpc) is 2.39. The zero-order valence-corrected chi connectivity index (χ0v) is 9.92. The van der Waals surface area contributed by atoms with Crippen LogP contribution in [-0.4, -0.2) is 10.1 Å². The summed E-state index contributed by atoms with van der Waals surface area (Å²) >= 11 is 0. The second-order valence-corrected chi connectivity index (χ2v) is 3.82. The highest BCUT2D eigenvalue weighted by molar-refractivity contribution is 5.41. The number of rotatable bonds is 3. The lowest BCUT2D eigenvalue weighted by molar-refractivity contribution is 0.281. The highest BCUT2D eigenvalue weighted by Gasteiger charge is 2.07. The number of aryl methyl sites for hydroxylation is 1. The zero-order chi connectivity index (χ0) is 13.0. The highest BCUT2D eigenvalue weighted by Crippen LogP contribution is 2.24. The van der Waals surface area contributed by atoms with Crippen molar-refractivity contribution in [2.24, 2.45) is 0 Å². The van der Waals surface area contributed by atoms with Crippen LogP contribution in [0.3, 0.4) is 0 Å². The van der Waals surface area contributed by atoms with Crippen LogP contribution >= 0.6 is 0 Å². The third-order valence-electron chi connectivity index (χ3n) is 2.42. The average molecular weight is 240 g/mol. The molecule has 1 aromatic heterocycles. The summed E-state index contributed by atoms with van der Waals surface area (Å²) in [5, 5.41) is 18.0. The third kappa shape index (κ3) is 2.65. The maximum atomic E-state index is 9.05. The number of aromatic nitrogens is 1. The summed E-state index contributed by atoms with van der Waals surface area (Å²) in [6.45, 7) is 1.78. The Morgan fingerprint density at radius 2 is 2.17 bits per heavy atom. The largest absolute Gasteiger partial charge is 0.438 e. The normalized spacial score (nSPS) is 9.83. The molecule has 0 bridgehead atoms. The number of nitrogens with zero attached hydrogens (tertiary/aromatic N) is 2. The Balaban J connectivity index is 2.33. The van der Waals surface area contributed by atoms with E-state index in [2.05, 4.69) is 4.98 Å². The monoisotopic (exact) mass is 240 g/mol. The molecule has 0 radical (unpaired) electrons. The van der Waals surface area contributed by atoms with Crippen molar-refractivity contribution in [3.05, 3.63) is 53.2 Å². The topological polar surface area (TPSA) is 66.1 Å². The highest BCUT2D eigenvalue weighted by atomic mass is 16.5. The Morgan fingerprint density at radius 1 is 1.33 bits per heavy atom. The van der Waals surface area contributed by atoms with Gasteiger partial charge in [0.15, 0.2) is 0 Å². The molecule has 0 amide bonds. The van der Waals surface area contributed by atoms with Gasteiger partial charge in [0, 0.05) is 5.69 Å². The van der Waals surface area contributed by atoms with Gasteiger partial charge in [0.2, 0.25) is 5.88 Å². The minimum Gasteiger partial charge on any atom is -0.438 e. The Bertz CT molecular complexity index is 603. The van der Waals surface area contributed by atoms with E-state index in [0.717, 1.165) is 11.3 Å². The Kier molecular flexibility index (Phi) is 3.56. The van der Waals surface area contributed by atoms with Gasteiger partial charge in [-0.1, -0.05) is 12.1 Å². The lowest BCUT2D eigenvalue weighted by Gasteiger charge is -2.07. The van der Waals surface area contributed by atoms with Crippen LogP contribution in [0.2, 0.25) is 0 Å². The fraction of sp³-hybridized carbons (Fsp3) is 0.143. The van der Waals surface area contributed by atoms with Crippen LogP contribution in [0.4, 0.5) is 0 Å². The summed E-state index contributed by atoms with van der Waals surface area (Å²) in [6, 6.07) is 12.5. The molecule has 2 rings (SSSR count). The van der Waals surface area contributed by atoms with E-state index in [4.69, 9.17) is 15.1 Å². The summed E-state index contributed by atoms with van der Waals surface area (Å²) in [7, 11) is 0. The van der Waals surface area contributed by atoms with Crippen LogP contribution in [0.15, 0.2) is 36.4 Å². The van der Waals surface area contributed by atoms with Gasteiger partial charge in [-0.3, -0.25) is 0 Å². The van der Waals surface area contributed by atoms with Crippen molar-refractivity contribution in [1.29, 1.82) is 5.26 Å². The number of ether oxygens (including phenoxy) is 1. The minimum absolute atomic E-state index is 0.0520. The third-order valence-corrected chi connectivity index (χ3v) is 2.42. The van der Waals surface area contributed by atoms with Gasteiger partial charge in [-0.2, -0.15) is 5.26 Å². The van der Waals surface area contributed by atoms with Crippen LogP contribution < -0.4 is 4.74 Å². The van der Waals surface area contributed by atoms with E-state index >= 15 is 0 Å². The summed E-state index contributed by atoms with van der Waals surface area (Å²) < 4.78 is 5.58.